The fourth-order valence-electron chi connectivity index (χ4n) is 1.85. The third-order valence-corrected chi connectivity index (χ3v) is 2.70. The number of carbonyl (C=O) groups excluding carboxylic acids is 1. The predicted molar refractivity (Wildman–Crippen MR) is 65.9 cm³/mol. The summed E-state index contributed by atoms with van der Waals surface area (Å²) in [4.78, 5) is 20.0. The van der Waals surface area contributed by atoms with Gasteiger partial charge in [-0.25, -0.2) is 4.98 Å². The molecule has 0 atom stereocenters. The number of hydrogen-bond donors (Lipinski definition) is 0. The van der Waals surface area contributed by atoms with Crippen molar-refractivity contribution in [3.05, 3.63) is 48.3 Å². The largest absolute Gasteiger partial charge is 0.293 e. The van der Waals surface area contributed by atoms with Gasteiger partial charge in [-0.05, 0) is 12.1 Å². The van der Waals surface area contributed by atoms with Crippen molar-refractivity contribution in [2.75, 3.05) is 0 Å². The highest BCUT2D eigenvalue weighted by Crippen LogP contribution is 2.21. The van der Waals surface area contributed by atoms with Crippen LogP contribution in [0, 0.1) is 6.07 Å². The van der Waals surface area contributed by atoms with Crippen LogP contribution in [0.25, 0.3) is 21.8 Å². The van der Waals surface area contributed by atoms with Gasteiger partial charge < -0.3 is 0 Å². The van der Waals surface area contributed by atoms with Gasteiger partial charge in [-0.2, -0.15) is 0 Å². The second-order valence-corrected chi connectivity index (χ2v) is 3.88. The van der Waals surface area contributed by atoms with Crippen molar-refractivity contribution in [2.24, 2.45) is 0 Å². The number of benzene rings is 1. The minimum Gasteiger partial charge on any atom is -0.293 e. The number of ketones is 1. The van der Waals surface area contributed by atoms with Crippen LogP contribution in [-0.4, -0.2) is 15.8 Å². The molecule has 3 aromatic rings. The van der Waals surface area contributed by atoms with E-state index < -0.39 is 0 Å². The number of Topliss-reactive ketones (excluding diaryl/α,β-unsaturated/α-hetero) is 1. The zero-order valence-corrected chi connectivity index (χ0v) is 9.27. The van der Waals surface area contributed by atoms with Crippen LogP contribution in [-0.2, 0) is 0 Å². The molecule has 0 saturated carbocycles. The summed E-state index contributed by atoms with van der Waals surface area (Å²) >= 11 is 0. The number of pyridine rings is 2. The Labute approximate surface area is 98.1 Å². The number of rotatable bonds is 1. The molecule has 2 aromatic heterocycles. The lowest BCUT2D eigenvalue weighted by Crippen LogP contribution is -1.97. The zero-order valence-electron chi connectivity index (χ0n) is 9.27. The van der Waals surface area contributed by atoms with Crippen molar-refractivity contribution in [1.29, 1.82) is 0 Å². The Hall–Kier alpha value is -2.29. The molecule has 0 aliphatic rings. The highest BCUT2D eigenvalue weighted by atomic mass is 16.1. The summed E-state index contributed by atoms with van der Waals surface area (Å²) in [5.41, 5.74) is 1.93. The van der Waals surface area contributed by atoms with Gasteiger partial charge in [0.1, 0.15) is 5.69 Å². The molecule has 0 aliphatic heterocycles. The molecule has 0 fully saturated rings. The van der Waals surface area contributed by atoms with E-state index in [0.717, 1.165) is 21.8 Å². The van der Waals surface area contributed by atoms with Crippen LogP contribution in [0.3, 0.4) is 0 Å². The second-order valence-electron chi connectivity index (χ2n) is 3.88. The molecule has 3 rings (SSSR count). The maximum absolute atomic E-state index is 11.3. The van der Waals surface area contributed by atoms with Crippen molar-refractivity contribution < 1.29 is 4.79 Å². The standard InChI is InChI=1S/C14H9N2O/c1-9(17)12-7-6-11-5-4-10-3-2-8-15-13(10)14(11)16-12/h2-6,8H,1H3. The Morgan fingerprint density at radius 2 is 2.00 bits per heavy atom. The number of carbonyl (C=O) groups is 1. The Bertz CT molecular complexity index is 734. The summed E-state index contributed by atoms with van der Waals surface area (Å²) in [6.07, 6.45) is 1.73. The molecule has 0 unspecified atom stereocenters. The number of fused-ring (bicyclic) bond motifs is 3. The van der Waals surface area contributed by atoms with Gasteiger partial charge in [-0.15, -0.1) is 0 Å². The Morgan fingerprint density at radius 1 is 1.18 bits per heavy atom. The smallest absolute Gasteiger partial charge is 0.178 e. The molecule has 3 nitrogen and oxygen atoms in total. The first kappa shape index (κ1) is 9.90. The Morgan fingerprint density at radius 3 is 2.82 bits per heavy atom. The van der Waals surface area contributed by atoms with Gasteiger partial charge in [0, 0.05) is 30.0 Å². The van der Waals surface area contributed by atoms with Crippen molar-refractivity contribution in [3.8, 4) is 0 Å². The van der Waals surface area contributed by atoms with Crippen LogP contribution in [0.4, 0.5) is 0 Å². The van der Waals surface area contributed by atoms with Gasteiger partial charge in [0.25, 0.3) is 0 Å². The average Bonchev–Trinajstić information content (AvgIpc) is 2.38. The number of nitrogens with zero attached hydrogens (tertiary/aromatic N) is 2. The second kappa shape index (κ2) is 3.63. The van der Waals surface area contributed by atoms with E-state index in [9.17, 15) is 4.79 Å². The SMILES string of the molecule is CC(=O)c1[c]cc2ccc3cccnc3c2n1. The molecule has 0 spiro atoms. The summed E-state index contributed by atoms with van der Waals surface area (Å²) in [7, 11) is 0. The number of aromatic nitrogens is 2. The van der Waals surface area contributed by atoms with Gasteiger partial charge in [-0.1, -0.05) is 18.2 Å². The highest BCUT2D eigenvalue weighted by molar-refractivity contribution is 6.04. The molecule has 0 aliphatic carbocycles. The first-order chi connectivity index (χ1) is 8.25. The monoisotopic (exact) mass is 221 g/mol. The minimum absolute atomic E-state index is 0.0835. The van der Waals surface area contributed by atoms with Gasteiger partial charge in [-0.3, -0.25) is 9.78 Å². The maximum Gasteiger partial charge on any atom is 0.178 e. The molecule has 2 heterocycles. The zero-order chi connectivity index (χ0) is 11.8. The molecule has 17 heavy (non-hydrogen) atoms. The maximum atomic E-state index is 11.3. The highest BCUT2D eigenvalue weighted by Gasteiger charge is 2.06. The van der Waals surface area contributed by atoms with E-state index in [0.29, 0.717) is 5.69 Å². The van der Waals surface area contributed by atoms with Gasteiger partial charge in [0.15, 0.2) is 5.78 Å². The van der Waals surface area contributed by atoms with Gasteiger partial charge in [0.2, 0.25) is 0 Å². The molecule has 3 heteroatoms. The molecular formula is C14H9N2O. The molecule has 0 saturated heterocycles. The van der Waals surface area contributed by atoms with E-state index in [4.69, 9.17) is 0 Å². The van der Waals surface area contributed by atoms with Crippen LogP contribution in [0.5, 0.6) is 0 Å². The summed E-state index contributed by atoms with van der Waals surface area (Å²) in [6.45, 7) is 1.49. The third-order valence-electron chi connectivity index (χ3n) is 2.70. The van der Waals surface area contributed by atoms with E-state index in [1.165, 1.54) is 6.92 Å². The lowest BCUT2D eigenvalue weighted by molar-refractivity contribution is 0.101. The van der Waals surface area contributed by atoms with Crippen LogP contribution >= 0.6 is 0 Å². The molecule has 1 aromatic carbocycles. The lowest BCUT2D eigenvalue weighted by Gasteiger charge is -2.03. The van der Waals surface area contributed by atoms with E-state index in [1.807, 2.05) is 24.3 Å². The fourth-order valence-corrected chi connectivity index (χ4v) is 1.85. The molecule has 1 radical (unpaired) electrons. The van der Waals surface area contributed by atoms with E-state index in [2.05, 4.69) is 16.0 Å². The normalized spacial score (nSPS) is 10.9. The van der Waals surface area contributed by atoms with E-state index in [-0.39, 0.29) is 5.78 Å². The molecule has 0 amide bonds. The van der Waals surface area contributed by atoms with Crippen molar-refractivity contribution in [3.63, 3.8) is 0 Å². The Balaban J connectivity index is 2.46. The lowest BCUT2D eigenvalue weighted by atomic mass is 10.1. The summed E-state index contributed by atoms with van der Waals surface area (Å²) in [6, 6.07) is 12.5. The van der Waals surface area contributed by atoms with Gasteiger partial charge in [0.05, 0.1) is 11.0 Å². The van der Waals surface area contributed by atoms with Crippen LogP contribution in [0.1, 0.15) is 17.4 Å². The van der Waals surface area contributed by atoms with Crippen LogP contribution in [0.2, 0.25) is 0 Å². The van der Waals surface area contributed by atoms with Crippen molar-refractivity contribution in [1.82, 2.24) is 9.97 Å². The minimum atomic E-state index is -0.0835. The van der Waals surface area contributed by atoms with Crippen LogP contribution in [0.15, 0.2) is 36.5 Å². The van der Waals surface area contributed by atoms with E-state index >= 15 is 0 Å². The average molecular weight is 221 g/mol. The van der Waals surface area contributed by atoms with E-state index in [1.54, 1.807) is 12.3 Å². The van der Waals surface area contributed by atoms with Crippen molar-refractivity contribution in [2.45, 2.75) is 6.92 Å². The molecule has 0 N–H and O–H groups in total. The van der Waals surface area contributed by atoms with Crippen LogP contribution < -0.4 is 0 Å². The predicted octanol–water partition coefficient (Wildman–Crippen LogP) is 2.79. The summed E-state index contributed by atoms with van der Waals surface area (Å²) in [5, 5.41) is 1.97. The van der Waals surface area contributed by atoms with Crippen molar-refractivity contribution >= 4 is 27.6 Å². The molecule has 81 valence electrons. The number of hydrogen-bond acceptors (Lipinski definition) is 3. The Kier molecular flexibility index (Phi) is 2.11. The fraction of sp³-hybridized carbons (Fsp3) is 0.0714. The quantitative estimate of drug-likeness (QED) is 0.468. The van der Waals surface area contributed by atoms with Gasteiger partial charge >= 0.3 is 0 Å². The molecular weight excluding hydrogens is 212 g/mol. The topological polar surface area (TPSA) is 42.9 Å². The first-order valence-electron chi connectivity index (χ1n) is 5.33. The third kappa shape index (κ3) is 1.56. The summed E-state index contributed by atoms with van der Waals surface area (Å²) < 4.78 is 0. The summed E-state index contributed by atoms with van der Waals surface area (Å²) in [5.74, 6) is -0.0835. The molecule has 0 bridgehead atoms. The first-order valence-corrected chi connectivity index (χ1v) is 5.33.